The lowest BCUT2D eigenvalue weighted by atomic mass is 10.0. The second kappa shape index (κ2) is 11.3. The van der Waals surface area contributed by atoms with Crippen LogP contribution in [0.15, 0.2) is 80.7 Å². The number of aromatic amines is 1. The molecule has 1 saturated heterocycles. The second-order valence-corrected chi connectivity index (χ2v) is 11.7. The molecule has 0 amide bonds. The summed E-state index contributed by atoms with van der Waals surface area (Å²) in [6, 6.07) is 21.3. The fraction of sp³-hybridized carbons (Fsp3) is 0.344. The van der Waals surface area contributed by atoms with Crippen molar-refractivity contribution in [3.05, 3.63) is 98.2 Å². The van der Waals surface area contributed by atoms with Gasteiger partial charge >= 0.3 is 11.3 Å². The van der Waals surface area contributed by atoms with E-state index < -0.39 is 5.69 Å². The van der Waals surface area contributed by atoms with Gasteiger partial charge in [-0.15, -0.1) is 4.68 Å². The first-order chi connectivity index (χ1) is 20.5. The van der Waals surface area contributed by atoms with Gasteiger partial charge in [0.1, 0.15) is 11.8 Å². The summed E-state index contributed by atoms with van der Waals surface area (Å²) in [6.07, 6.45) is 5.41. The molecule has 2 aliphatic rings. The molecule has 0 bridgehead atoms. The van der Waals surface area contributed by atoms with Gasteiger partial charge < -0.3 is 4.42 Å². The summed E-state index contributed by atoms with van der Waals surface area (Å²) < 4.78 is 9.33. The highest BCUT2D eigenvalue weighted by molar-refractivity contribution is 6.30. The molecular formula is C32H32ClN6O3+. The van der Waals surface area contributed by atoms with Gasteiger partial charge in [0.05, 0.1) is 0 Å². The highest BCUT2D eigenvalue weighted by Gasteiger charge is 2.32. The van der Waals surface area contributed by atoms with Crippen molar-refractivity contribution in [1.29, 1.82) is 0 Å². The van der Waals surface area contributed by atoms with Crippen LogP contribution in [0, 0.1) is 0 Å². The van der Waals surface area contributed by atoms with E-state index in [2.05, 4.69) is 22.0 Å². The predicted molar refractivity (Wildman–Crippen MR) is 160 cm³/mol. The average molecular weight is 584 g/mol. The van der Waals surface area contributed by atoms with Gasteiger partial charge in [0.2, 0.25) is 11.3 Å². The molecule has 10 heteroatoms. The van der Waals surface area contributed by atoms with Gasteiger partial charge in [0.15, 0.2) is 5.76 Å². The molecule has 2 fully saturated rings. The molecule has 7 rings (SSSR count). The van der Waals surface area contributed by atoms with Crippen LogP contribution in [-0.4, -0.2) is 37.6 Å². The van der Waals surface area contributed by atoms with Gasteiger partial charge in [-0.3, -0.25) is 9.69 Å². The van der Waals surface area contributed by atoms with Crippen LogP contribution in [0.25, 0.3) is 34.1 Å². The number of nitrogens with one attached hydrogen (secondary N) is 1. The Morgan fingerprint density at radius 3 is 2.45 bits per heavy atom. The third kappa shape index (κ3) is 5.18. The van der Waals surface area contributed by atoms with Crippen molar-refractivity contribution >= 4 is 22.8 Å². The van der Waals surface area contributed by atoms with E-state index in [0.717, 1.165) is 50.9 Å². The number of piperidine rings is 1. The van der Waals surface area contributed by atoms with Crippen molar-refractivity contribution in [2.45, 2.75) is 57.2 Å². The molecule has 9 nitrogen and oxygen atoms in total. The van der Waals surface area contributed by atoms with E-state index in [1.165, 1.54) is 10.1 Å². The summed E-state index contributed by atoms with van der Waals surface area (Å²) in [6.45, 7) is 2.47. The molecular weight excluding hydrogens is 552 g/mol. The molecule has 3 aromatic heterocycles. The maximum Gasteiger partial charge on any atom is 0.416 e. The van der Waals surface area contributed by atoms with E-state index in [1.807, 2.05) is 54.6 Å². The Balaban J connectivity index is 1.25. The number of furan rings is 1. The van der Waals surface area contributed by atoms with Gasteiger partial charge in [0.25, 0.3) is 5.56 Å². The minimum absolute atomic E-state index is 0.0729. The molecule has 214 valence electrons. The normalized spacial score (nSPS) is 16.9. The number of hydrogen-bond acceptors (Lipinski definition) is 6. The van der Waals surface area contributed by atoms with Crippen LogP contribution in [0.3, 0.4) is 0 Å². The zero-order chi connectivity index (χ0) is 28.6. The first-order valence-electron chi connectivity index (χ1n) is 14.6. The lowest BCUT2D eigenvalue weighted by Crippen LogP contribution is -2.49. The molecule has 0 spiro atoms. The quantitative estimate of drug-likeness (QED) is 0.272. The zero-order valence-electron chi connectivity index (χ0n) is 23.2. The summed E-state index contributed by atoms with van der Waals surface area (Å²) in [7, 11) is 0. The summed E-state index contributed by atoms with van der Waals surface area (Å²) in [5.41, 5.74) is 1.89. The predicted octanol–water partition coefficient (Wildman–Crippen LogP) is 5.30. The minimum atomic E-state index is -0.404. The number of H-pyrrole nitrogens is 1. The first-order valence-corrected chi connectivity index (χ1v) is 15.0. The van der Waals surface area contributed by atoms with E-state index in [4.69, 9.17) is 26.1 Å². The first kappa shape index (κ1) is 26.8. The summed E-state index contributed by atoms with van der Waals surface area (Å²) in [5, 5.41) is 5.43. The molecule has 4 heterocycles. The second-order valence-electron chi connectivity index (χ2n) is 11.3. The zero-order valence-corrected chi connectivity index (χ0v) is 24.0. The SMILES string of the molecule is O=c1[nH]c2c(nc(-c3ccc(-c4cccc(Cl)c4)o3)n[n+]2C2CCCC2)c(=O)n1C1CCN(Cc2ccccc2)CC1. The van der Waals surface area contributed by atoms with Gasteiger partial charge in [-0.05, 0) is 68.4 Å². The third-order valence-electron chi connectivity index (χ3n) is 8.52. The lowest BCUT2D eigenvalue weighted by molar-refractivity contribution is -0.754. The largest absolute Gasteiger partial charge is 0.453 e. The number of benzene rings is 2. The third-order valence-corrected chi connectivity index (χ3v) is 8.75. The maximum absolute atomic E-state index is 14.0. The van der Waals surface area contributed by atoms with Crippen LogP contribution in [0.1, 0.15) is 56.2 Å². The Hall–Kier alpha value is -4.08. The van der Waals surface area contributed by atoms with E-state index in [1.54, 1.807) is 4.68 Å². The van der Waals surface area contributed by atoms with Crippen molar-refractivity contribution in [3.8, 4) is 22.9 Å². The molecule has 0 unspecified atom stereocenters. The fourth-order valence-electron chi connectivity index (χ4n) is 6.36. The Bertz CT molecular complexity index is 1850. The Morgan fingerprint density at radius 1 is 0.929 bits per heavy atom. The van der Waals surface area contributed by atoms with Crippen molar-refractivity contribution in [2.24, 2.45) is 0 Å². The fourth-order valence-corrected chi connectivity index (χ4v) is 6.55. The molecule has 42 heavy (non-hydrogen) atoms. The molecule has 1 saturated carbocycles. The molecule has 1 aliphatic heterocycles. The van der Waals surface area contributed by atoms with Gasteiger partial charge in [0, 0.05) is 36.3 Å². The van der Waals surface area contributed by atoms with E-state index in [-0.39, 0.29) is 23.2 Å². The van der Waals surface area contributed by atoms with Crippen LogP contribution in [0.5, 0.6) is 0 Å². The molecule has 1 aliphatic carbocycles. The van der Waals surface area contributed by atoms with Crippen molar-refractivity contribution in [1.82, 2.24) is 24.5 Å². The number of aromatic nitrogens is 5. The molecule has 0 atom stereocenters. The Kier molecular flexibility index (Phi) is 7.21. The number of halogens is 1. The summed E-state index contributed by atoms with van der Waals surface area (Å²) in [5.74, 6) is 1.39. The van der Waals surface area contributed by atoms with Gasteiger partial charge in [-0.1, -0.05) is 59.2 Å². The monoisotopic (exact) mass is 583 g/mol. The smallest absolute Gasteiger partial charge is 0.416 e. The molecule has 1 N–H and O–H groups in total. The van der Waals surface area contributed by atoms with E-state index >= 15 is 0 Å². The van der Waals surface area contributed by atoms with E-state index in [9.17, 15) is 9.59 Å². The van der Waals surface area contributed by atoms with Crippen molar-refractivity contribution in [2.75, 3.05) is 13.1 Å². The van der Waals surface area contributed by atoms with Gasteiger partial charge in [-0.2, -0.15) is 4.98 Å². The summed E-state index contributed by atoms with van der Waals surface area (Å²) in [4.78, 5) is 37.5. The lowest BCUT2D eigenvalue weighted by Gasteiger charge is -2.32. The highest BCUT2D eigenvalue weighted by Crippen LogP contribution is 2.30. The number of nitrogens with zero attached hydrogens (tertiary/aromatic N) is 5. The standard InChI is InChI=1S/C32H31ClN6O3/c33-23-10-6-9-22(19-23)26-13-14-27(42-26)29-34-28-30(39(36-29)25-11-4-5-12-25)35-32(41)38(31(28)40)24-15-17-37(18-16-24)20-21-7-2-1-3-8-21/h1-3,6-10,13-14,19,24-25H,4-5,11-12,15-18,20H2/p+1. The Morgan fingerprint density at radius 2 is 1.69 bits per heavy atom. The summed E-state index contributed by atoms with van der Waals surface area (Å²) >= 11 is 6.19. The molecule has 5 aromatic rings. The van der Waals surface area contributed by atoms with Crippen LogP contribution >= 0.6 is 11.6 Å². The molecule has 0 radical (unpaired) electrons. The van der Waals surface area contributed by atoms with Crippen LogP contribution < -0.4 is 15.9 Å². The number of hydrogen-bond donors (Lipinski definition) is 1. The van der Waals surface area contributed by atoms with Crippen LogP contribution in [-0.2, 0) is 6.54 Å². The number of rotatable bonds is 6. The van der Waals surface area contributed by atoms with Crippen LogP contribution in [0.2, 0.25) is 5.02 Å². The number of fused-ring (bicyclic) bond motifs is 1. The topological polar surface area (TPSA) is 101 Å². The molecule has 2 aromatic carbocycles. The average Bonchev–Trinajstić information content (AvgIpc) is 3.72. The van der Waals surface area contributed by atoms with Crippen molar-refractivity contribution < 1.29 is 9.10 Å². The maximum atomic E-state index is 14.0. The van der Waals surface area contributed by atoms with Gasteiger partial charge in [-0.25, -0.2) is 14.3 Å². The van der Waals surface area contributed by atoms with E-state index in [0.29, 0.717) is 40.9 Å². The Labute approximate surface area is 247 Å². The number of likely N-dealkylation sites (tertiary alicyclic amines) is 1. The highest BCUT2D eigenvalue weighted by atomic mass is 35.5. The minimum Gasteiger partial charge on any atom is -0.453 e. The van der Waals surface area contributed by atoms with Crippen LogP contribution in [0.4, 0.5) is 0 Å². The van der Waals surface area contributed by atoms with Crippen molar-refractivity contribution in [3.63, 3.8) is 0 Å².